The first-order valence-corrected chi connectivity index (χ1v) is 7.99. The molecule has 0 unspecified atom stereocenters. The third-order valence-corrected chi connectivity index (χ3v) is 4.66. The lowest BCUT2D eigenvalue weighted by Crippen LogP contribution is -2.13. The summed E-state index contributed by atoms with van der Waals surface area (Å²) in [5, 5.41) is 8.82. The van der Waals surface area contributed by atoms with E-state index >= 15 is 0 Å². The fourth-order valence-corrected chi connectivity index (χ4v) is 3.49. The largest absolute Gasteiger partial charge is 0.278 e. The number of nitrogens with zero attached hydrogens (tertiary/aromatic N) is 1. The molecule has 0 aliphatic rings. The summed E-state index contributed by atoms with van der Waals surface area (Å²) in [5.41, 5.74) is 1.78. The van der Waals surface area contributed by atoms with Crippen molar-refractivity contribution in [2.45, 2.75) is 11.8 Å². The Bertz CT molecular complexity index is 795. The van der Waals surface area contributed by atoms with Crippen LogP contribution in [0.3, 0.4) is 0 Å². The van der Waals surface area contributed by atoms with Crippen LogP contribution in [-0.4, -0.2) is 8.42 Å². The Morgan fingerprint density at radius 1 is 1.20 bits per heavy atom. The molecule has 0 bridgehead atoms. The van der Waals surface area contributed by atoms with E-state index in [1.165, 1.54) is 18.2 Å². The van der Waals surface area contributed by atoms with E-state index in [-0.39, 0.29) is 4.90 Å². The lowest BCUT2D eigenvalue weighted by molar-refractivity contribution is 0.601. The number of halogens is 1. The Morgan fingerprint density at radius 2 is 1.95 bits per heavy atom. The summed E-state index contributed by atoms with van der Waals surface area (Å²) in [7, 11) is -3.71. The molecule has 0 aliphatic heterocycles. The summed E-state index contributed by atoms with van der Waals surface area (Å²) >= 11 is 3.32. The maximum Gasteiger partial charge on any atom is 0.261 e. The molecule has 0 saturated carbocycles. The van der Waals surface area contributed by atoms with E-state index in [1.54, 1.807) is 12.1 Å². The normalized spacial score (nSPS) is 10.8. The van der Waals surface area contributed by atoms with E-state index in [0.717, 1.165) is 5.56 Å². The summed E-state index contributed by atoms with van der Waals surface area (Å²) in [6.45, 7) is 1.92. The lowest BCUT2D eigenvalue weighted by atomic mass is 10.2. The molecule has 4 nitrogen and oxygen atoms in total. The monoisotopic (exact) mass is 350 g/mol. The average molecular weight is 351 g/mol. The van der Waals surface area contributed by atoms with Gasteiger partial charge in [0.25, 0.3) is 10.0 Å². The van der Waals surface area contributed by atoms with Gasteiger partial charge in [0, 0.05) is 4.47 Å². The van der Waals surface area contributed by atoms with Crippen LogP contribution in [-0.2, 0) is 10.0 Å². The van der Waals surface area contributed by atoms with Crippen molar-refractivity contribution in [3.63, 3.8) is 0 Å². The number of hydrogen-bond acceptors (Lipinski definition) is 3. The molecule has 0 atom stereocenters. The van der Waals surface area contributed by atoms with Crippen molar-refractivity contribution in [2.24, 2.45) is 0 Å². The minimum Gasteiger partial charge on any atom is -0.278 e. The molecule has 0 radical (unpaired) electrons. The number of nitrogens with one attached hydrogen (secondary N) is 1. The van der Waals surface area contributed by atoms with Crippen molar-refractivity contribution < 1.29 is 8.42 Å². The molecule has 6 heteroatoms. The van der Waals surface area contributed by atoms with Gasteiger partial charge in [-0.15, -0.1) is 0 Å². The molecule has 1 N–H and O–H groups in total. The minimum absolute atomic E-state index is 0.0593. The quantitative estimate of drug-likeness (QED) is 0.921. The number of benzene rings is 2. The molecule has 0 fully saturated rings. The smallest absolute Gasteiger partial charge is 0.261 e. The van der Waals surface area contributed by atoms with Crippen molar-refractivity contribution in [3.8, 4) is 6.07 Å². The first-order chi connectivity index (χ1) is 9.42. The van der Waals surface area contributed by atoms with Crippen LogP contribution in [0, 0.1) is 18.3 Å². The van der Waals surface area contributed by atoms with Crippen LogP contribution < -0.4 is 4.72 Å². The van der Waals surface area contributed by atoms with Gasteiger partial charge in [-0.05, 0) is 58.7 Å². The molecule has 0 aromatic heterocycles. The summed E-state index contributed by atoms with van der Waals surface area (Å²) in [4.78, 5) is 0.0593. The zero-order chi connectivity index (χ0) is 14.8. The van der Waals surface area contributed by atoms with E-state index in [0.29, 0.717) is 15.7 Å². The third-order valence-electron chi connectivity index (χ3n) is 2.64. The molecule has 0 saturated heterocycles. The summed E-state index contributed by atoms with van der Waals surface area (Å²) in [5.74, 6) is 0. The summed E-state index contributed by atoms with van der Waals surface area (Å²) in [6, 6.07) is 13.1. The molecule has 0 amide bonds. The number of anilines is 1. The molecule has 0 aliphatic carbocycles. The van der Waals surface area contributed by atoms with Gasteiger partial charge in [-0.2, -0.15) is 5.26 Å². The highest BCUT2D eigenvalue weighted by molar-refractivity contribution is 9.10. The Hall–Kier alpha value is -1.84. The Kier molecular flexibility index (Phi) is 4.12. The number of rotatable bonds is 3. The molecule has 0 spiro atoms. The number of aryl methyl sites for hydroxylation is 1. The third kappa shape index (κ3) is 3.18. The van der Waals surface area contributed by atoms with Crippen molar-refractivity contribution in [3.05, 3.63) is 58.1 Å². The zero-order valence-electron chi connectivity index (χ0n) is 10.6. The predicted octanol–water partition coefficient (Wildman–Crippen LogP) is 3.43. The lowest BCUT2D eigenvalue weighted by Gasteiger charge is -2.10. The Balaban J connectivity index is 2.38. The number of sulfonamides is 1. The SMILES string of the molecule is Cc1ccc(NS(=O)(=O)c2cccc(C#N)c2)c(Br)c1. The van der Waals surface area contributed by atoms with Gasteiger partial charge in [-0.1, -0.05) is 12.1 Å². The molecule has 2 rings (SSSR count). The minimum atomic E-state index is -3.71. The topological polar surface area (TPSA) is 70.0 Å². The second-order valence-corrected chi connectivity index (χ2v) is 6.77. The molecule has 102 valence electrons. The van der Waals surface area contributed by atoms with E-state index in [4.69, 9.17) is 5.26 Å². The highest BCUT2D eigenvalue weighted by Crippen LogP contribution is 2.26. The molecular weight excluding hydrogens is 340 g/mol. The van der Waals surface area contributed by atoms with Crippen molar-refractivity contribution in [1.82, 2.24) is 0 Å². The van der Waals surface area contributed by atoms with Gasteiger partial charge in [0.1, 0.15) is 0 Å². The molecule has 2 aromatic rings. The van der Waals surface area contributed by atoms with Crippen molar-refractivity contribution in [2.75, 3.05) is 4.72 Å². The highest BCUT2D eigenvalue weighted by Gasteiger charge is 2.16. The average Bonchev–Trinajstić information content (AvgIpc) is 2.42. The van der Waals surface area contributed by atoms with Crippen molar-refractivity contribution in [1.29, 1.82) is 5.26 Å². The van der Waals surface area contributed by atoms with Crippen LogP contribution in [0.2, 0.25) is 0 Å². The zero-order valence-corrected chi connectivity index (χ0v) is 13.0. The Morgan fingerprint density at radius 3 is 2.60 bits per heavy atom. The Labute approximate surface area is 126 Å². The van der Waals surface area contributed by atoms with Gasteiger partial charge in [0.2, 0.25) is 0 Å². The van der Waals surface area contributed by atoms with Gasteiger partial charge in [-0.25, -0.2) is 8.42 Å². The molecule has 2 aromatic carbocycles. The van der Waals surface area contributed by atoms with Crippen LogP contribution in [0.25, 0.3) is 0 Å². The second kappa shape index (κ2) is 5.65. The van der Waals surface area contributed by atoms with Crippen LogP contribution >= 0.6 is 15.9 Å². The second-order valence-electron chi connectivity index (χ2n) is 4.23. The fraction of sp³-hybridized carbons (Fsp3) is 0.0714. The van der Waals surface area contributed by atoms with Gasteiger partial charge in [0.05, 0.1) is 22.2 Å². The fourth-order valence-electron chi connectivity index (χ4n) is 1.64. The standard InChI is InChI=1S/C14H11BrN2O2S/c1-10-5-6-14(13(15)7-10)17-20(18,19)12-4-2-3-11(8-12)9-16/h2-8,17H,1H3. The maximum absolute atomic E-state index is 12.3. The van der Waals surface area contributed by atoms with Gasteiger partial charge in [0.15, 0.2) is 0 Å². The van der Waals surface area contributed by atoms with Crippen LogP contribution in [0.5, 0.6) is 0 Å². The first kappa shape index (κ1) is 14.6. The van der Waals surface area contributed by atoms with E-state index in [2.05, 4.69) is 20.7 Å². The first-order valence-electron chi connectivity index (χ1n) is 5.71. The summed E-state index contributed by atoms with van der Waals surface area (Å²) in [6.07, 6.45) is 0. The van der Waals surface area contributed by atoms with Gasteiger partial charge < -0.3 is 0 Å². The van der Waals surface area contributed by atoms with E-state index in [1.807, 2.05) is 25.1 Å². The van der Waals surface area contributed by atoms with Gasteiger partial charge >= 0.3 is 0 Å². The highest BCUT2D eigenvalue weighted by atomic mass is 79.9. The molecule has 0 heterocycles. The summed E-state index contributed by atoms with van der Waals surface area (Å²) < 4.78 is 27.7. The number of nitriles is 1. The van der Waals surface area contributed by atoms with E-state index in [9.17, 15) is 8.42 Å². The van der Waals surface area contributed by atoms with E-state index < -0.39 is 10.0 Å². The maximum atomic E-state index is 12.3. The predicted molar refractivity (Wildman–Crippen MR) is 80.8 cm³/mol. The van der Waals surface area contributed by atoms with Crippen LogP contribution in [0.4, 0.5) is 5.69 Å². The molecule has 20 heavy (non-hydrogen) atoms. The van der Waals surface area contributed by atoms with Crippen molar-refractivity contribution >= 4 is 31.6 Å². The van der Waals surface area contributed by atoms with Crippen LogP contribution in [0.15, 0.2) is 51.8 Å². The number of hydrogen-bond donors (Lipinski definition) is 1. The van der Waals surface area contributed by atoms with Gasteiger partial charge in [-0.3, -0.25) is 4.72 Å². The van der Waals surface area contributed by atoms with Crippen LogP contribution in [0.1, 0.15) is 11.1 Å². The molecular formula is C14H11BrN2O2S.